The molecule has 2 unspecified atom stereocenters. The lowest BCUT2D eigenvalue weighted by Crippen LogP contribution is -2.52. The number of amides is 1. The predicted octanol–water partition coefficient (Wildman–Crippen LogP) is 2.53. The maximum atomic E-state index is 13.7. The third-order valence-electron chi connectivity index (χ3n) is 6.17. The summed E-state index contributed by atoms with van der Waals surface area (Å²) in [6.45, 7) is 0. The van der Waals surface area contributed by atoms with E-state index in [1.807, 2.05) is 4.72 Å². The van der Waals surface area contributed by atoms with Gasteiger partial charge in [-0.25, -0.2) is 31.3 Å². The van der Waals surface area contributed by atoms with Gasteiger partial charge in [0, 0.05) is 29.4 Å². The van der Waals surface area contributed by atoms with Crippen LogP contribution in [0.25, 0.3) is 10.9 Å². The molecule has 1 aliphatic heterocycles. The van der Waals surface area contributed by atoms with Gasteiger partial charge in [-0.1, -0.05) is 23.7 Å². The van der Waals surface area contributed by atoms with Crippen LogP contribution in [0.1, 0.15) is 11.6 Å². The van der Waals surface area contributed by atoms with Crippen LogP contribution in [0.3, 0.4) is 0 Å². The second kappa shape index (κ2) is 8.82. The Kier molecular flexibility index (Phi) is 5.88. The van der Waals surface area contributed by atoms with E-state index in [9.17, 15) is 31.6 Å². The molecule has 2 N–H and O–H groups in total. The number of sulfonamides is 1. The number of hydrogen-bond donors (Lipinski definition) is 2. The minimum absolute atomic E-state index is 0.169. The molecule has 5 rings (SSSR count). The molecule has 0 bridgehead atoms. The van der Waals surface area contributed by atoms with E-state index in [0.29, 0.717) is 29.4 Å². The van der Waals surface area contributed by atoms with E-state index in [1.54, 1.807) is 24.3 Å². The minimum Gasteiger partial charge on any atom is -0.360 e. The molecule has 1 aromatic heterocycles. The Morgan fingerprint density at radius 3 is 2.41 bits per heavy atom. The zero-order chi connectivity index (χ0) is 26.6. The van der Waals surface area contributed by atoms with Crippen LogP contribution < -0.4 is 20.9 Å². The van der Waals surface area contributed by atoms with E-state index < -0.39 is 55.8 Å². The van der Waals surface area contributed by atoms with Crippen LogP contribution in [-0.2, 0) is 14.8 Å². The first-order chi connectivity index (χ1) is 17.5. The van der Waals surface area contributed by atoms with Crippen molar-refractivity contribution in [3.63, 3.8) is 0 Å². The quantitative estimate of drug-likeness (QED) is 0.406. The van der Waals surface area contributed by atoms with Crippen molar-refractivity contribution >= 4 is 44.1 Å². The molecular formula is C24H17ClF2N4O5S. The summed E-state index contributed by atoms with van der Waals surface area (Å²) in [5.74, 6) is -3.44. The summed E-state index contributed by atoms with van der Waals surface area (Å²) >= 11 is 6.18. The second-order valence-electron chi connectivity index (χ2n) is 8.43. The molecule has 37 heavy (non-hydrogen) atoms. The van der Waals surface area contributed by atoms with Crippen LogP contribution in [0.15, 0.2) is 75.1 Å². The third kappa shape index (κ3) is 4.17. The van der Waals surface area contributed by atoms with Crippen LogP contribution in [0.5, 0.6) is 0 Å². The van der Waals surface area contributed by atoms with Crippen molar-refractivity contribution in [2.45, 2.75) is 17.0 Å². The molecule has 190 valence electrons. The molecule has 1 aliphatic rings. The smallest absolute Gasteiger partial charge is 0.329 e. The molecular weight excluding hydrogens is 530 g/mol. The largest absolute Gasteiger partial charge is 0.360 e. The van der Waals surface area contributed by atoms with E-state index >= 15 is 0 Å². The van der Waals surface area contributed by atoms with Crippen molar-refractivity contribution < 1.29 is 22.0 Å². The molecule has 2 atom stereocenters. The van der Waals surface area contributed by atoms with E-state index in [2.05, 4.69) is 4.98 Å². The molecule has 0 radical (unpaired) electrons. The van der Waals surface area contributed by atoms with Gasteiger partial charge in [0.25, 0.3) is 21.5 Å². The fourth-order valence-electron chi connectivity index (χ4n) is 4.58. The van der Waals surface area contributed by atoms with Crippen molar-refractivity contribution in [1.29, 1.82) is 0 Å². The molecule has 9 nitrogen and oxygen atoms in total. The lowest BCUT2D eigenvalue weighted by Gasteiger charge is -2.26. The number of rotatable bonds is 4. The fraction of sp³-hybridized carbons (Fsp3) is 0.125. The molecule has 3 aromatic carbocycles. The van der Waals surface area contributed by atoms with Crippen molar-refractivity contribution in [2.75, 3.05) is 11.9 Å². The molecule has 0 saturated heterocycles. The Morgan fingerprint density at radius 2 is 1.70 bits per heavy atom. The number of halogens is 3. The van der Waals surface area contributed by atoms with Gasteiger partial charge in [0.1, 0.15) is 17.7 Å². The molecule has 0 fully saturated rings. The Bertz CT molecular complexity index is 1800. The number of nitrogens with zero attached hydrogens (tertiary/aromatic N) is 2. The SMILES string of the molecule is CN1c2ccc(Cl)cc2C(n2c(=O)[nH]c3ccccc3c2=O)C1C(=O)NS(=O)(=O)c1cc(F)cc(F)c1. The molecule has 0 saturated carbocycles. The Morgan fingerprint density at radius 1 is 1.03 bits per heavy atom. The van der Waals surface area contributed by atoms with Crippen LogP contribution >= 0.6 is 11.6 Å². The van der Waals surface area contributed by atoms with E-state index in [-0.39, 0.29) is 15.9 Å². The first kappa shape index (κ1) is 24.7. The number of fused-ring (bicyclic) bond motifs is 2. The Labute approximate surface area is 213 Å². The zero-order valence-corrected chi connectivity index (χ0v) is 20.5. The number of anilines is 1. The number of aromatic nitrogens is 2. The van der Waals surface area contributed by atoms with Crippen LogP contribution in [0.2, 0.25) is 5.02 Å². The van der Waals surface area contributed by atoms with Gasteiger partial charge in [-0.15, -0.1) is 0 Å². The highest BCUT2D eigenvalue weighted by Crippen LogP contribution is 2.41. The van der Waals surface area contributed by atoms with Gasteiger partial charge in [-0.3, -0.25) is 9.59 Å². The van der Waals surface area contributed by atoms with Crippen molar-refractivity contribution in [2.24, 2.45) is 0 Å². The number of H-pyrrole nitrogens is 1. The van der Waals surface area contributed by atoms with Crippen molar-refractivity contribution in [3.05, 3.63) is 104 Å². The first-order valence-electron chi connectivity index (χ1n) is 10.8. The highest BCUT2D eigenvalue weighted by atomic mass is 35.5. The van der Waals surface area contributed by atoms with Gasteiger partial charge in [0.05, 0.1) is 21.8 Å². The molecule has 0 spiro atoms. The summed E-state index contributed by atoms with van der Waals surface area (Å²) in [5.41, 5.74) is -0.514. The van der Waals surface area contributed by atoms with Gasteiger partial charge < -0.3 is 9.88 Å². The third-order valence-corrected chi connectivity index (χ3v) is 7.73. The lowest BCUT2D eigenvalue weighted by atomic mass is 10.0. The van der Waals surface area contributed by atoms with Crippen molar-refractivity contribution in [1.82, 2.24) is 14.3 Å². The summed E-state index contributed by atoms with van der Waals surface area (Å²) in [4.78, 5) is 43.2. The Hall–Kier alpha value is -4.03. The molecule has 0 aliphatic carbocycles. The van der Waals surface area contributed by atoms with Gasteiger partial charge in [0.15, 0.2) is 0 Å². The van der Waals surface area contributed by atoms with Crippen LogP contribution in [0, 0.1) is 11.6 Å². The number of hydrogen-bond acceptors (Lipinski definition) is 6. The number of para-hydroxylation sites is 1. The Balaban J connectivity index is 1.66. The van der Waals surface area contributed by atoms with E-state index in [4.69, 9.17) is 11.6 Å². The first-order valence-corrected chi connectivity index (χ1v) is 12.6. The topological polar surface area (TPSA) is 121 Å². The predicted molar refractivity (Wildman–Crippen MR) is 132 cm³/mol. The van der Waals surface area contributed by atoms with Crippen molar-refractivity contribution in [3.8, 4) is 0 Å². The number of aromatic amines is 1. The average Bonchev–Trinajstić information content (AvgIpc) is 3.09. The number of benzene rings is 3. The van der Waals surface area contributed by atoms with Crippen LogP contribution in [0.4, 0.5) is 14.5 Å². The molecule has 1 amide bonds. The summed E-state index contributed by atoms with van der Waals surface area (Å²) in [6, 6.07) is 9.74. The molecule has 4 aromatic rings. The number of carbonyl (C=O) groups excluding carboxylic acids is 1. The monoisotopic (exact) mass is 546 g/mol. The van der Waals surface area contributed by atoms with Gasteiger partial charge >= 0.3 is 5.69 Å². The maximum Gasteiger partial charge on any atom is 0.329 e. The highest BCUT2D eigenvalue weighted by Gasteiger charge is 2.45. The normalized spacial score (nSPS) is 17.1. The average molecular weight is 547 g/mol. The second-order valence-corrected chi connectivity index (χ2v) is 10.5. The number of carbonyl (C=O) groups is 1. The molecule has 13 heteroatoms. The maximum absolute atomic E-state index is 13.7. The summed E-state index contributed by atoms with van der Waals surface area (Å²) in [7, 11) is -3.25. The molecule has 2 heterocycles. The summed E-state index contributed by atoms with van der Waals surface area (Å²) < 4.78 is 55.7. The minimum atomic E-state index is -4.73. The van der Waals surface area contributed by atoms with Gasteiger partial charge in [0.2, 0.25) is 0 Å². The van der Waals surface area contributed by atoms with Gasteiger partial charge in [-0.05, 0) is 42.5 Å². The van der Waals surface area contributed by atoms with E-state index in [1.165, 1.54) is 30.1 Å². The highest BCUT2D eigenvalue weighted by molar-refractivity contribution is 7.90. The standard InChI is InChI=1S/C24H17ClF2N4O5S/c1-30-19-7-6-12(25)8-17(19)20(31-23(33)16-4-2-3-5-18(16)28-24(31)34)21(30)22(32)29-37(35,36)15-10-13(26)9-14(27)11-15/h2-11,20-21H,1H3,(H,28,34)(H,29,32). The summed E-state index contributed by atoms with van der Waals surface area (Å²) in [6.07, 6.45) is 0. The van der Waals surface area contributed by atoms with Gasteiger partial charge in [-0.2, -0.15) is 0 Å². The number of likely N-dealkylation sites (N-methyl/N-ethyl adjacent to an activating group) is 1. The fourth-order valence-corrected chi connectivity index (χ4v) is 5.80. The number of nitrogens with one attached hydrogen (secondary N) is 2. The van der Waals surface area contributed by atoms with Crippen LogP contribution in [-0.4, -0.2) is 37.0 Å². The zero-order valence-electron chi connectivity index (χ0n) is 18.9. The van der Waals surface area contributed by atoms with E-state index in [0.717, 1.165) is 4.57 Å². The summed E-state index contributed by atoms with van der Waals surface area (Å²) in [5, 5.41) is 0.425. The lowest BCUT2D eigenvalue weighted by molar-refractivity contribution is -0.121.